The number of fused-ring (bicyclic) bond motifs is 1. The van der Waals surface area contributed by atoms with Crippen molar-refractivity contribution < 1.29 is 14.3 Å². The predicted molar refractivity (Wildman–Crippen MR) is 95.6 cm³/mol. The Labute approximate surface area is 147 Å². The van der Waals surface area contributed by atoms with E-state index in [0.717, 1.165) is 4.88 Å². The number of thiophene rings is 1. The van der Waals surface area contributed by atoms with E-state index >= 15 is 0 Å². The summed E-state index contributed by atoms with van der Waals surface area (Å²) < 4.78 is 5.23. The second kappa shape index (κ2) is 7.31. The van der Waals surface area contributed by atoms with Crippen molar-refractivity contribution >= 4 is 34.1 Å². The van der Waals surface area contributed by atoms with Gasteiger partial charge in [0.2, 0.25) is 5.56 Å². The molecule has 25 heavy (non-hydrogen) atoms. The van der Waals surface area contributed by atoms with Gasteiger partial charge in [0.05, 0.1) is 12.1 Å². The summed E-state index contributed by atoms with van der Waals surface area (Å²) in [5, 5.41) is 5.20. The number of para-hydroxylation sites is 1. The van der Waals surface area contributed by atoms with Gasteiger partial charge in [-0.2, -0.15) is 0 Å². The van der Waals surface area contributed by atoms with Crippen molar-refractivity contribution in [3.05, 3.63) is 68.6 Å². The SMILES string of the molecule is CC(OC(=O)c1cc(=O)[nH]c2ccccc12)C(=O)NCc1cccs1. The number of aromatic nitrogens is 1. The van der Waals surface area contributed by atoms with E-state index in [1.54, 1.807) is 24.3 Å². The predicted octanol–water partition coefficient (Wildman–Crippen LogP) is 2.45. The van der Waals surface area contributed by atoms with Crippen LogP contribution in [0.1, 0.15) is 22.2 Å². The maximum atomic E-state index is 12.4. The fourth-order valence-electron chi connectivity index (χ4n) is 2.38. The maximum Gasteiger partial charge on any atom is 0.339 e. The largest absolute Gasteiger partial charge is 0.449 e. The van der Waals surface area contributed by atoms with E-state index in [-0.39, 0.29) is 5.56 Å². The Kier molecular flexibility index (Phi) is 4.95. The molecule has 0 fully saturated rings. The molecule has 1 atom stereocenters. The monoisotopic (exact) mass is 356 g/mol. The first-order valence-corrected chi connectivity index (χ1v) is 8.55. The Balaban J connectivity index is 1.71. The van der Waals surface area contributed by atoms with Crippen LogP contribution in [0.25, 0.3) is 10.9 Å². The summed E-state index contributed by atoms with van der Waals surface area (Å²) in [5.41, 5.74) is 0.273. The molecule has 0 aliphatic rings. The zero-order valence-corrected chi connectivity index (χ0v) is 14.3. The molecular formula is C18H16N2O4S. The van der Waals surface area contributed by atoms with Crippen molar-refractivity contribution in [3.63, 3.8) is 0 Å². The molecule has 7 heteroatoms. The van der Waals surface area contributed by atoms with Gasteiger partial charge in [-0.05, 0) is 24.4 Å². The molecule has 6 nitrogen and oxygen atoms in total. The molecule has 2 heterocycles. The third kappa shape index (κ3) is 3.95. The highest BCUT2D eigenvalue weighted by Crippen LogP contribution is 2.16. The van der Waals surface area contributed by atoms with Crippen molar-refractivity contribution in [2.45, 2.75) is 19.6 Å². The molecule has 0 aliphatic carbocycles. The van der Waals surface area contributed by atoms with Gasteiger partial charge in [0, 0.05) is 21.8 Å². The van der Waals surface area contributed by atoms with E-state index < -0.39 is 23.5 Å². The van der Waals surface area contributed by atoms with Crippen molar-refractivity contribution in [3.8, 4) is 0 Å². The highest BCUT2D eigenvalue weighted by molar-refractivity contribution is 7.09. The molecule has 0 saturated heterocycles. The lowest BCUT2D eigenvalue weighted by molar-refractivity contribution is -0.129. The number of rotatable bonds is 5. The number of H-pyrrole nitrogens is 1. The molecule has 0 bridgehead atoms. The van der Waals surface area contributed by atoms with Gasteiger partial charge in [-0.3, -0.25) is 9.59 Å². The van der Waals surface area contributed by atoms with Crippen LogP contribution in [0.3, 0.4) is 0 Å². The van der Waals surface area contributed by atoms with E-state index in [4.69, 9.17) is 4.74 Å². The number of nitrogens with one attached hydrogen (secondary N) is 2. The van der Waals surface area contributed by atoms with Crippen molar-refractivity contribution in [1.29, 1.82) is 0 Å². The smallest absolute Gasteiger partial charge is 0.339 e. The number of benzene rings is 1. The van der Waals surface area contributed by atoms with Crippen LogP contribution in [0.15, 0.2) is 52.6 Å². The lowest BCUT2D eigenvalue weighted by atomic mass is 10.1. The summed E-state index contributed by atoms with van der Waals surface area (Å²) >= 11 is 1.53. The van der Waals surface area contributed by atoms with E-state index in [1.165, 1.54) is 24.3 Å². The number of carbonyl (C=O) groups is 2. The van der Waals surface area contributed by atoms with Gasteiger partial charge in [-0.1, -0.05) is 24.3 Å². The van der Waals surface area contributed by atoms with E-state index in [9.17, 15) is 14.4 Å². The summed E-state index contributed by atoms with van der Waals surface area (Å²) in [5.74, 6) is -1.10. The minimum absolute atomic E-state index is 0.136. The molecule has 128 valence electrons. The molecule has 3 aromatic rings. The van der Waals surface area contributed by atoms with Crippen molar-refractivity contribution in [2.75, 3.05) is 0 Å². The topological polar surface area (TPSA) is 88.3 Å². The second-order valence-electron chi connectivity index (χ2n) is 5.44. The highest BCUT2D eigenvalue weighted by atomic mass is 32.1. The second-order valence-corrected chi connectivity index (χ2v) is 6.47. The molecule has 3 rings (SSSR count). The minimum atomic E-state index is -0.967. The number of hydrogen-bond acceptors (Lipinski definition) is 5. The van der Waals surface area contributed by atoms with Crippen LogP contribution >= 0.6 is 11.3 Å². The number of carbonyl (C=O) groups excluding carboxylic acids is 2. The van der Waals surface area contributed by atoms with Crippen LogP contribution in [-0.4, -0.2) is 23.0 Å². The van der Waals surface area contributed by atoms with Gasteiger partial charge in [-0.25, -0.2) is 4.79 Å². The first kappa shape index (κ1) is 16.9. The fourth-order valence-corrected chi connectivity index (χ4v) is 3.03. The Morgan fingerprint density at radius 1 is 1.24 bits per heavy atom. The van der Waals surface area contributed by atoms with Crippen LogP contribution in [0, 0.1) is 0 Å². The number of pyridine rings is 1. The number of ether oxygens (including phenoxy) is 1. The van der Waals surface area contributed by atoms with E-state index in [1.807, 2.05) is 17.5 Å². The van der Waals surface area contributed by atoms with E-state index in [2.05, 4.69) is 10.3 Å². The first-order valence-electron chi connectivity index (χ1n) is 7.68. The Morgan fingerprint density at radius 2 is 2.04 bits per heavy atom. The van der Waals surface area contributed by atoms with Crippen LogP contribution in [0.5, 0.6) is 0 Å². The van der Waals surface area contributed by atoms with Crippen LogP contribution < -0.4 is 10.9 Å². The van der Waals surface area contributed by atoms with Crippen LogP contribution in [-0.2, 0) is 16.1 Å². The molecule has 1 unspecified atom stereocenters. The van der Waals surface area contributed by atoms with Crippen molar-refractivity contribution in [1.82, 2.24) is 10.3 Å². The van der Waals surface area contributed by atoms with Gasteiger partial charge in [0.25, 0.3) is 5.91 Å². The molecule has 1 amide bonds. The zero-order valence-electron chi connectivity index (χ0n) is 13.4. The molecule has 0 spiro atoms. The summed E-state index contributed by atoms with van der Waals surface area (Å²) in [6.45, 7) is 1.88. The average molecular weight is 356 g/mol. The van der Waals surface area contributed by atoms with Crippen LogP contribution in [0.4, 0.5) is 0 Å². The summed E-state index contributed by atoms with van der Waals surface area (Å²) in [6, 6.07) is 11.9. The van der Waals surface area contributed by atoms with E-state index in [0.29, 0.717) is 17.4 Å². The van der Waals surface area contributed by atoms with Gasteiger partial charge < -0.3 is 15.0 Å². The summed E-state index contributed by atoms with van der Waals surface area (Å²) in [7, 11) is 0. The van der Waals surface area contributed by atoms with Crippen LogP contribution in [0.2, 0.25) is 0 Å². The molecule has 1 aromatic carbocycles. The number of esters is 1. The Morgan fingerprint density at radius 3 is 2.80 bits per heavy atom. The summed E-state index contributed by atoms with van der Waals surface area (Å²) in [4.78, 5) is 39.9. The number of amides is 1. The third-order valence-corrected chi connectivity index (χ3v) is 4.52. The van der Waals surface area contributed by atoms with Crippen molar-refractivity contribution in [2.24, 2.45) is 0 Å². The average Bonchev–Trinajstić information content (AvgIpc) is 3.12. The molecule has 0 aliphatic heterocycles. The van der Waals surface area contributed by atoms with Gasteiger partial charge in [0.15, 0.2) is 6.10 Å². The van der Waals surface area contributed by atoms with Gasteiger partial charge in [0.1, 0.15) is 0 Å². The standard InChI is InChI=1S/C18H16N2O4S/c1-11(17(22)19-10-12-5-4-8-25-12)24-18(23)14-9-16(21)20-15-7-3-2-6-13(14)15/h2-9,11H,10H2,1H3,(H,19,22)(H,20,21). The normalized spacial score (nSPS) is 11.9. The Hall–Kier alpha value is -2.93. The molecule has 2 N–H and O–H groups in total. The molecule has 0 saturated carbocycles. The Bertz CT molecular complexity index is 963. The maximum absolute atomic E-state index is 12.4. The number of hydrogen-bond donors (Lipinski definition) is 2. The number of aromatic amines is 1. The minimum Gasteiger partial charge on any atom is -0.449 e. The lowest BCUT2D eigenvalue weighted by Gasteiger charge is -2.14. The zero-order chi connectivity index (χ0) is 17.8. The lowest BCUT2D eigenvalue weighted by Crippen LogP contribution is -2.35. The summed E-state index contributed by atoms with van der Waals surface area (Å²) in [6.07, 6.45) is -0.967. The van der Waals surface area contributed by atoms with Gasteiger partial charge in [-0.15, -0.1) is 11.3 Å². The van der Waals surface area contributed by atoms with Gasteiger partial charge >= 0.3 is 5.97 Å². The quantitative estimate of drug-likeness (QED) is 0.687. The fraction of sp³-hybridized carbons (Fsp3) is 0.167. The first-order chi connectivity index (χ1) is 12.0. The highest BCUT2D eigenvalue weighted by Gasteiger charge is 2.20. The molecule has 2 aromatic heterocycles. The third-order valence-electron chi connectivity index (χ3n) is 3.64. The molecule has 0 radical (unpaired) electrons. The molecular weight excluding hydrogens is 340 g/mol.